The summed E-state index contributed by atoms with van der Waals surface area (Å²) in [5.74, 6) is 0.664. The number of hydrogen-bond donors (Lipinski definition) is 1. The Kier molecular flexibility index (Phi) is 8.69. The molecule has 1 N–H and O–H groups in total. The third kappa shape index (κ3) is 8.90. The summed E-state index contributed by atoms with van der Waals surface area (Å²) >= 11 is 0. The van der Waals surface area contributed by atoms with E-state index in [4.69, 9.17) is 14.2 Å². The third-order valence-corrected chi connectivity index (χ3v) is 3.87. The van der Waals surface area contributed by atoms with Crippen LogP contribution in [0.15, 0.2) is 0 Å². The average molecular weight is 287 g/mol. The largest absolute Gasteiger partial charge is 0.382 e. The Morgan fingerprint density at radius 2 is 1.60 bits per heavy atom. The summed E-state index contributed by atoms with van der Waals surface area (Å²) in [4.78, 5) is 0. The molecular formula is C16H33NO3. The smallest absolute Gasteiger partial charge is 0.0701 e. The van der Waals surface area contributed by atoms with Gasteiger partial charge in [-0.1, -0.05) is 20.8 Å². The molecule has 1 aliphatic rings. The van der Waals surface area contributed by atoms with E-state index in [1.807, 2.05) is 0 Å². The van der Waals surface area contributed by atoms with E-state index in [-0.39, 0.29) is 0 Å². The molecule has 0 aliphatic heterocycles. The minimum Gasteiger partial charge on any atom is -0.382 e. The van der Waals surface area contributed by atoms with E-state index in [2.05, 4.69) is 26.1 Å². The molecule has 0 amide bonds. The maximum atomic E-state index is 5.67. The van der Waals surface area contributed by atoms with Gasteiger partial charge in [-0.05, 0) is 37.1 Å². The second kappa shape index (κ2) is 9.72. The first kappa shape index (κ1) is 17.9. The maximum Gasteiger partial charge on any atom is 0.0701 e. The molecule has 0 aromatic rings. The van der Waals surface area contributed by atoms with E-state index < -0.39 is 0 Å². The van der Waals surface area contributed by atoms with Crippen LogP contribution in [0, 0.1) is 11.3 Å². The Balaban J connectivity index is 2.02. The van der Waals surface area contributed by atoms with Crippen molar-refractivity contribution in [2.75, 3.05) is 46.7 Å². The van der Waals surface area contributed by atoms with E-state index >= 15 is 0 Å². The van der Waals surface area contributed by atoms with Gasteiger partial charge in [0.15, 0.2) is 0 Å². The van der Waals surface area contributed by atoms with Gasteiger partial charge < -0.3 is 19.5 Å². The molecule has 0 aromatic heterocycles. The summed E-state index contributed by atoms with van der Waals surface area (Å²) in [6, 6.07) is 0.787. The zero-order valence-corrected chi connectivity index (χ0v) is 13.7. The lowest BCUT2D eigenvalue weighted by Gasteiger charge is -2.31. The lowest BCUT2D eigenvalue weighted by atomic mass is 9.79. The number of nitrogens with one attached hydrogen (secondary N) is 1. The van der Waals surface area contributed by atoms with Crippen molar-refractivity contribution in [3.05, 3.63) is 0 Å². The molecule has 4 heteroatoms. The van der Waals surface area contributed by atoms with Gasteiger partial charge >= 0.3 is 0 Å². The number of hydrogen-bond acceptors (Lipinski definition) is 4. The quantitative estimate of drug-likeness (QED) is 0.560. The van der Waals surface area contributed by atoms with Gasteiger partial charge in [0.2, 0.25) is 0 Å². The minimum atomic E-state index is 0.334. The molecule has 1 fully saturated rings. The van der Waals surface area contributed by atoms with Gasteiger partial charge in [0, 0.05) is 19.8 Å². The van der Waals surface area contributed by atoms with E-state index in [1.54, 1.807) is 7.11 Å². The lowest BCUT2D eigenvalue weighted by Crippen LogP contribution is -2.33. The predicted molar refractivity (Wildman–Crippen MR) is 82.1 cm³/mol. The fraction of sp³-hybridized carbons (Fsp3) is 1.00. The third-order valence-electron chi connectivity index (χ3n) is 3.87. The van der Waals surface area contributed by atoms with Crippen molar-refractivity contribution in [2.45, 2.75) is 46.1 Å². The van der Waals surface area contributed by atoms with Crippen LogP contribution in [-0.2, 0) is 14.2 Å². The number of rotatable bonds is 12. The van der Waals surface area contributed by atoms with Crippen molar-refractivity contribution >= 4 is 0 Å². The number of ether oxygens (including phenoxy) is 3. The molecule has 0 aromatic carbocycles. The Hall–Kier alpha value is -0.160. The monoisotopic (exact) mass is 287 g/mol. The SMILES string of the molecule is COCCOCCOCCC(CNC1CC1)C(C)(C)C. The van der Waals surface area contributed by atoms with E-state index in [0.717, 1.165) is 25.6 Å². The fourth-order valence-corrected chi connectivity index (χ4v) is 2.13. The Bertz CT molecular complexity index is 236. The highest BCUT2D eigenvalue weighted by atomic mass is 16.5. The fourth-order valence-electron chi connectivity index (χ4n) is 2.13. The van der Waals surface area contributed by atoms with Crippen LogP contribution in [0.1, 0.15) is 40.0 Å². The molecule has 20 heavy (non-hydrogen) atoms. The molecule has 0 heterocycles. The first-order chi connectivity index (χ1) is 9.54. The highest BCUT2D eigenvalue weighted by molar-refractivity contribution is 4.84. The molecule has 1 atom stereocenters. The normalized spacial score (nSPS) is 17.4. The van der Waals surface area contributed by atoms with Crippen LogP contribution in [-0.4, -0.2) is 52.7 Å². The van der Waals surface area contributed by atoms with Crippen LogP contribution >= 0.6 is 0 Å². The summed E-state index contributed by atoms with van der Waals surface area (Å²) < 4.78 is 16.0. The second-order valence-corrected chi connectivity index (χ2v) is 6.75. The predicted octanol–water partition coefficient (Wildman–Crippen LogP) is 2.47. The van der Waals surface area contributed by atoms with Crippen LogP contribution in [0.4, 0.5) is 0 Å². The first-order valence-corrected chi connectivity index (χ1v) is 7.92. The van der Waals surface area contributed by atoms with Gasteiger partial charge in [-0.3, -0.25) is 0 Å². The molecule has 0 bridgehead atoms. The summed E-state index contributed by atoms with van der Waals surface area (Å²) in [7, 11) is 1.68. The molecule has 0 radical (unpaired) electrons. The molecular weight excluding hydrogens is 254 g/mol. The van der Waals surface area contributed by atoms with Crippen molar-refractivity contribution in [2.24, 2.45) is 11.3 Å². The summed E-state index contributed by atoms with van der Waals surface area (Å²) in [5, 5.41) is 3.64. The molecule has 1 saturated carbocycles. The van der Waals surface area contributed by atoms with Crippen LogP contribution in [0.5, 0.6) is 0 Å². The molecule has 0 spiro atoms. The van der Waals surface area contributed by atoms with Gasteiger partial charge in [-0.25, -0.2) is 0 Å². The average Bonchev–Trinajstić information content (AvgIpc) is 3.18. The Morgan fingerprint density at radius 1 is 1.00 bits per heavy atom. The van der Waals surface area contributed by atoms with Crippen LogP contribution in [0.25, 0.3) is 0 Å². The van der Waals surface area contributed by atoms with Gasteiger partial charge in [0.25, 0.3) is 0 Å². The molecule has 4 nitrogen and oxygen atoms in total. The Morgan fingerprint density at radius 3 is 2.15 bits per heavy atom. The molecule has 0 saturated heterocycles. The van der Waals surface area contributed by atoms with Crippen LogP contribution < -0.4 is 5.32 Å². The Labute approximate surface area is 124 Å². The van der Waals surface area contributed by atoms with Gasteiger partial charge in [0.05, 0.1) is 26.4 Å². The summed E-state index contributed by atoms with van der Waals surface area (Å²) in [6.07, 6.45) is 3.82. The van der Waals surface area contributed by atoms with Gasteiger partial charge in [-0.15, -0.1) is 0 Å². The van der Waals surface area contributed by atoms with E-state index in [0.29, 0.717) is 37.8 Å². The summed E-state index contributed by atoms with van der Waals surface area (Å²) in [5.41, 5.74) is 0.334. The number of methoxy groups -OCH3 is 1. The van der Waals surface area contributed by atoms with Gasteiger partial charge in [-0.2, -0.15) is 0 Å². The van der Waals surface area contributed by atoms with Gasteiger partial charge in [0.1, 0.15) is 0 Å². The highest BCUT2D eigenvalue weighted by Crippen LogP contribution is 2.29. The van der Waals surface area contributed by atoms with Crippen LogP contribution in [0.2, 0.25) is 0 Å². The van der Waals surface area contributed by atoms with Crippen molar-refractivity contribution in [1.29, 1.82) is 0 Å². The second-order valence-electron chi connectivity index (χ2n) is 6.75. The molecule has 1 unspecified atom stereocenters. The van der Waals surface area contributed by atoms with Crippen molar-refractivity contribution in [1.82, 2.24) is 5.32 Å². The van der Waals surface area contributed by atoms with Crippen LogP contribution in [0.3, 0.4) is 0 Å². The lowest BCUT2D eigenvalue weighted by molar-refractivity contribution is 0.0181. The van der Waals surface area contributed by atoms with E-state index in [9.17, 15) is 0 Å². The first-order valence-electron chi connectivity index (χ1n) is 7.92. The molecule has 1 aliphatic carbocycles. The minimum absolute atomic E-state index is 0.334. The standard InChI is InChI=1S/C16H33NO3/c1-16(2,3)14(13-17-15-5-6-15)7-8-19-11-12-20-10-9-18-4/h14-15,17H,5-13H2,1-4H3. The van der Waals surface area contributed by atoms with Crippen molar-refractivity contribution < 1.29 is 14.2 Å². The van der Waals surface area contributed by atoms with E-state index in [1.165, 1.54) is 12.8 Å². The summed E-state index contributed by atoms with van der Waals surface area (Å²) in [6.45, 7) is 11.5. The zero-order valence-electron chi connectivity index (χ0n) is 13.7. The topological polar surface area (TPSA) is 39.7 Å². The van der Waals surface area contributed by atoms with Crippen molar-refractivity contribution in [3.8, 4) is 0 Å². The highest BCUT2D eigenvalue weighted by Gasteiger charge is 2.27. The molecule has 120 valence electrons. The van der Waals surface area contributed by atoms with Crippen molar-refractivity contribution in [3.63, 3.8) is 0 Å². The maximum absolute atomic E-state index is 5.67. The molecule has 1 rings (SSSR count). The zero-order chi connectivity index (χ0) is 14.8.